The zero-order chi connectivity index (χ0) is 16.3. The van der Waals surface area contributed by atoms with Crippen LogP contribution in [-0.4, -0.2) is 17.9 Å². The fraction of sp³-hybridized carbons (Fsp3) is 0.529. The smallest absolute Gasteiger partial charge is 0.237 e. The molecule has 0 spiro atoms. The van der Waals surface area contributed by atoms with E-state index >= 15 is 0 Å². The summed E-state index contributed by atoms with van der Waals surface area (Å²) in [4.78, 5) is 23.7. The van der Waals surface area contributed by atoms with Crippen LogP contribution in [0.4, 0.5) is 5.69 Å². The minimum Gasteiger partial charge on any atom is -0.348 e. The van der Waals surface area contributed by atoms with Crippen molar-refractivity contribution < 1.29 is 9.59 Å². The Kier molecular flexibility index (Phi) is 5.19. The zero-order valence-corrected chi connectivity index (χ0v) is 13.4. The number of benzene rings is 1. The van der Waals surface area contributed by atoms with Gasteiger partial charge < -0.3 is 16.4 Å². The van der Waals surface area contributed by atoms with E-state index in [9.17, 15) is 9.59 Å². The van der Waals surface area contributed by atoms with Crippen LogP contribution in [0.1, 0.15) is 45.2 Å². The number of carbonyl (C=O) groups is 2. The van der Waals surface area contributed by atoms with E-state index in [1.54, 1.807) is 0 Å². The van der Waals surface area contributed by atoms with Gasteiger partial charge in [-0.05, 0) is 43.4 Å². The lowest BCUT2D eigenvalue weighted by Crippen LogP contribution is -2.44. The Hall–Kier alpha value is -1.88. The highest BCUT2D eigenvalue weighted by atomic mass is 16.2. The largest absolute Gasteiger partial charge is 0.348 e. The van der Waals surface area contributed by atoms with Crippen molar-refractivity contribution in [2.75, 3.05) is 5.32 Å². The molecule has 5 nitrogen and oxygen atoms in total. The molecule has 1 aliphatic rings. The van der Waals surface area contributed by atoms with Gasteiger partial charge in [0.15, 0.2) is 0 Å². The summed E-state index contributed by atoms with van der Waals surface area (Å²) in [5.41, 5.74) is 7.61. The molecule has 1 aromatic carbocycles. The minimum absolute atomic E-state index is 0.0945. The van der Waals surface area contributed by atoms with Crippen LogP contribution in [0.15, 0.2) is 24.3 Å². The predicted molar refractivity (Wildman–Crippen MR) is 87.2 cm³/mol. The first-order valence-corrected chi connectivity index (χ1v) is 7.85. The maximum Gasteiger partial charge on any atom is 0.237 e. The number of amides is 2. The molecular weight excluding hydrogens is 278 g/mol. The van der Waals surface area contributed by atoms with Gasteiger partial charge in [-0.15, -0.1) is 0 Å². The molecule has 0 aliphatic heterocycles. The normalized spacial score (nSPS) is 17.0. The summed E-state index contributed by atoms with van der Waals surface area (Å²) in [6, 6.07) is 6.93. The summed E-state index contributed by atoms with van der Waals surface area (Å²) in [5, 5.41) is 5.81. The van der Waals surface area contributed by atoms with Gasteiger partial charge in [0.1, 0.15) is 0 Å². The number of nitrogens with one attached hydrogen (secondary N) is 2. The van der Waals surface area contributed by atoms with Crippen molar-refractivity contribution in [2.24, 2.45) is 17.6 Å². The number of nitrogens with two attached hydrogens (primary N) is 1. The highest BCUT2D eigenvalue weighted by Crippen LogP contribution is 2.30. The molecule has 0 saturated heterocycles. The van der Waals surface area contributed by atoms with E-state index in [0.717, 1.165) is 24.1 Å². The topological polar surface area (TPSA) is 84.2 Å². The van der Waals surface area contributed by atoms with Crippen molar-refractivity contribution in [3.63, 3.8) is 0 Å². The zero-order valence-electron chi connectivity index (χ0n) is 13.4. The van der Waals surface area contributed by atoms with Crippen molar-refractivity contribution in [1.29, 1.82) is 0 Å². The van der Waals surface area contributed by atoms with Crippen molar-refractivity contribution in [2.45, 2.75) is 45.7 Å². The molecule has 1 unspecified atom stereocenters. The molecule has 1 saturated carbocycles. The fourth-order valence-corrected chi connectivity index (χ4v) is 2.14. The van der Waals surface area contributed by atoms with E-state index in [1.807, 2.05) is 45.0 Å². The Morgan fingerprint density at radius 1 is 1.14 bits per heavy atom. The van der Waals surface area contributed by atoms with Crippen molar-refractivity contribution in [3.05, 3.63) is 29.8 Å². The average molecular weight is 303 g/mol. The standard InChI is InChI=1S/C17H25N3O2/c1-10(2)15(18)17(22)19-11(3)12-6-8-14(9-7-12)20-16(21)13-4-5-13/h6-11,13,15H,4-5,18H2,1-3H3,(H,19,22)(H,20,21)/t11?,15-/m0/s1. The number of rotatable bonds is 6. The molecule has 120 valence electrons. The molecule has 2 rings (SSSR count). The first-order valence-electron chi connectivity index (χ1n) is 7.85. The molecule has 2 atom stereocenters. The van der Waals surface area contributed by atoms with Crippen LogP contribution in [0.5, 0.6) is 0 Å². The Bertz CT molecular complexity index is 535. The molecule has 1 aliphatic carbocycles. The maximum absolute atomic E-state index is 12.0. The van der Waals surface area contributed by atoms with Crippen LogP contribution in [0.3, 0.4) is 0 Å². The monoisotopic (exact) mass is 303 g/mol. The highest BCUT2D eigenvalue weighted by Gasteiger charge is 2.29. The molecule has 5 heteroatoms. The Balaban J connectivity index is 1.91. The number of carbonyl (C=O) groups excluding carboxylic acids is 2. The van der Waals surface area contributed by atoms with Gasteiger partial charge in [-0.1, -0.05) is 26.0 Å². The lowest BCUT2D eigenvalue weighted by Gasteiger charge is -2.20. The Morgan fingerprint density at radius 2 is 1.73 bits per heavy atom. The number of hydrogen-bond acceptors (Lipinski definition) is 3. The van der Waals surface area contributed by atoms with Crippen LogP contribution >= 0.6 is 0 Å². The van der Waals surface area contributed by atoms with Crippen LogP contribution in [-0.2, 0) is 9.59 Å². The van der Waals surface area contributed by atoms with Gasteiger partial charge in [0, 0.05) is 11.6 Å². The van der Waals surface area contributed by atoms with Gasteiger partial charge in [0.25, 0.3) is 0 Å². The molecular formula is C17H25N3O2. The van der Waals surface area contributed by atoms with Gasteiger partial charge in [-0.2, -0.15) is 0 Å². The van der Waals surface area contributed by atoms with Crippen molar-refractivity contribution >= 4 is 17.5 Å². The molecule has 4 N–H and O–H groups in total. The Labute approximate surface area is 131 Å². The quantitative estimate of drug-likeness (QED) is 0.753. The van der Waals surface area contributed by atoms with Crippen molar-refractivity contribution in [3.8, 4) is 0 Å². The summed E-state index contributed by atoms with van der Waals surface area (Å²) < 4.78 is 0. The second-order valence-corrected chi connectivity index (χ2v) is 6.39. The first kappa shape index (κ1) is 16.5. The van der Waals surface area contributed by atoms with Crippen LogP contribution in [0.2, 0.25) is 0 Å². The second kappa shape index (κ2) is 6.92. The summed E-state index contributed by atoms with van der Waals surface area (Å²) in [5.74, 6) is 0.244. The van der Waals surface area contributed by atoms with Gasteiger partial charge in [-0.3, -0.25) is 9.59 Å². The second-order valence-electron chi connectivity index (χ2n) is 6.39. The number of anilines is 1. The third kappa shape index (κ3) is 4.31. The van der Waals surface area contributed by atoms with Crippen LogP contribution < -0.4 is 16.4 Å². The van der Waals surface area contributed by atoms with Gasteiger partial charge in [0.05, 0.1) is 12.1 Å². The van der Waals surface area contributed by atoms with Crippen molar-refractivity contribution in [1.82, 2.24) is 5.32 Å². The predicted octanol–water partition coefficient (Wildman–Crippen LogP) is 2.20. The third-order valence-electron chi connectivity index (χ3n) is 4.01. The molecule has 2 amide bonds. The SMILES string of the molecule is CC(NC(=O)[C@@H](N)C(C)C)c1ccc(NC(=O)C2CC2)cc1. The summed E-state index contributed by atoms with van der Waals surface area (Å²) in [7, 11) is 0. The van der Waals surface area contributed by atoms with Gasteiger partial charge in [0.2, 0.25) is 11.8 Å². The average Bonchev–Trinajstić information content (AvgIpc) is 3.31. The summed E-state index contributed by atoms with van der Waals surface area (Å²) in [6.45, 7) is 5.77. The first-order chi connectivity index (χ1) is 10.4. The molecule has 0 radical (unpaired) electrons. The van der Waals surface area contributed by atoms with E-state index in [-0.39, 0.29) is 29.7 Å². The van der Waals surface area contributed by atoms with Crippen LogP contribution in [0, 0.1) is 11.8 Å². The van der Waals surface area contributed by atoms with E-state index in [1.165, 1.54) is 0 Å². The van der Waals surface area contributed by atoms with Gasteiger partial charge in [-0.25, -0.2) is 0 Å². The van der Waals surface area contributed by atoms with Gasteiger partial charge >= 0.3 is 0 Å². The van der Waals surface area contributed by atoms with E-state index in [2.05, 4.69) is 10.6 Å². The minimum atomic E-state index is -0.500. The maximum atomic E-state index is 12.0. The molecule has 0 heterocycles. The third-order valence-corrected chi connectivity index (χ3v) is 4.01. The molecule has 22 heavy (non-hydrogen) atoms. The fourth-order valence-electron chi connectivity index (χ4n) is 2.14. The van der Waals surface area contributed by atoms with E-state index < -0.39 is 6.04 Å². The lowest BCUT2D eigenvalue weighted by molar-refractivity contribution is -0.124. The Morgan fingerprint density at radius 3 is 2.23 bits per heavy atom. The molecule has 0 aromatic heterocycles. The highest BCUT2D eigenvalue weighted by molar-refractivity contribution is 5.94. The molecule has 1 aromatic rings. The lowest BCUT2D eigenvalue weighted by atomic mass is 10.0. The molecule has 1 fully saturated rings. The van der Waals surface area contributed by atoms with E-state index in [4.69, 9.17) is 5.73 Å². The summed E-state index contributed by atoms with van der Waals surface area (Å²) in [6.07, 6.45) is 1.98. The van der Waals surface area contributed by atoms with E-state index in [0.29, 0.717) is 0 Å². The van der Waals surface area contributed by atoms with Crippen LogP contribution in [0.25, 0.3) is 0 Å². The number of hydrogen-bond donors (Lipinski definition) is 3. The summed E-state index contributed by atoms with van der Waals surface area (Å²) >= 11 is 0. The molecule has 0 bridgehead atoms.